The Hall–Kier alpha value is -1.82. The lowest BCUT2D eigenvalue weighted by molar-refractivity contribution is 0.105. The number of aromatic nitrogens is 1. The van der Waals surface area contributed by atoms with Crippen LogP contribution in [0.1, 0.15) is 19.4 Å². The lowest BCUT2D eigenvalue weighted by Gasteiger charge is -2.34. The number of rotatable bonds is 5. The monoisotopic (exact) mass is 292 g/mol. The summed E-state index contributed by atoms with van der Waals surface area (Å²) in [6, 6.07) is 4.15. The second-order valence-electron chi connectivity index (χ2n) is 4.98. The summed E-state index contributed by atoms with van der Waals surface area (Å²) >= 11 is 0. The normalized spacial score (nSPS) is 15.1. The van der Waals surface area contributed by atoms with Crippen LogP contribution in [0.5, 0.6) is 0 Å². The van der Waals surface area contributed by atoms with Gasteiger partial charge in [0.15, 0.2) is 0 Å². The topological polar surface area (TPSA) is 57.7 Å². The minimum atomic E-state index is -0.217. The molecule has 2 heterocycles. The van der Waals surface area contributed by atoms with Crippen molar-refractivity contribution in [2.75, 3.05) is 44.2 Å². The maximum absolute atomic E-state index is 11.6. The van der Waals surface area contributed by atoms with E-state index >= 15 is 0 Å². The first kappa shape index (κ1) is 15.6. The molecule has 0 spiro atoms. The molecule has 0 atom stereocenters. The predicted octanol–water partition coefficient (Wildman–Crippen LogP) is 1.47. The standard InChI is InChI=1S/C15H24N4O2/c1-3-16-11-13-5-6-14(17-12-13)18-7-9-19(10-8-18)15(20)21-4-2/h5-6,12,16H,3-4,7-11H2,1-2H3. The van der Waals surface area contributed by atoms with Crippen LogP contribution in [0.4, 0.5) is 10.6 Å². The molecule has 1 N–H and O–H groups in total. The smallest absolute Gasteiger partial charge is 0.409 e. The largest absolute Gasteiger partial charge is 0.450 e. The van der Waals surface area contributed by atoms with Crippen LogP contribution in [-0.2, 0) is 11.3 Å². The first-order valence-electron chi connectivity index (χ1n) is 7.57. The summed E-state index contributed by atoms with van der Waals surface area (Å²) in [5.74, 6) is 0.971. The van der Waals surface area contributed by atoms with Gasteiger partial charge in [0.25, 0.3) is 0 Å². The first-order valence-corrected chi connectivity index (χ1v) is 7.57. The number of nitrogens with one attached hydrogen (secondary N) is 1. The van der Waals surface area contributed by atoms with Crippen LogP contribution in [-0.4, -0.2) is 55.3 Å². The number of amides is 1. The average molecular weight is 292 g/mol. The number of carbonyl (C=O) groups is 1. The molecule has 1 aromatic heterocycles. The van der Waals surface area contributed by atoms with Crippen LogP contribution in [0, 0.1) is 0 Å². The highest BCUT2D eigenvalue weighted by atomic mass is 16.6. The van der Waals surface area contributed by atoms with Gasteiger partial charge in [0.1, 0.15) is 5.82 Å². The van der Waals surface area contributed by atoms with E-state index in [1.165, 1.54) is 5.56 Å². The second-order valence-corrected chi connectivity index (χ2v) is 4.98. The number of carbonyl (C=O) groups excluding carboxylic acids is 1. The van der Waals surface area contributed by atoms with Crippen LogP contribution in [0.25, 0.3) is 0 Å². The van der Waals surface area contributed by atoms with E-state index in [1.807, 2.05) is 19.2 Å². The Labute approximate surface area is 126 Å². The molecule has 2 rings (SSSR count). The molecule has 0 aromatic carbocycles. The minimum absolute atomic E-state index is 0.217. The lowest BCUT2D eigenvalue weighted by Crippen LogP contribution is -2.49. The van der Waals surface area contributed by atoms with Gasteiger partial charge < -0.3 is 19.9 Å². The molecule has 6 nitrogen and oxygen atoms in total. The first-order chi connectivity index (χ1) is 10.2. The van der Waals surface area contributed by atoms with Gasteiger partial charge in [-0.2, -0.15) is 0 Å². The Bertz CT molecular complexity index is 441. The van der Waals surface area contributed by atoms with E-state index in [9.17, 15) is 4.79 Å². The van der Waals surface area contributed by atoms with Crippen molar-refractivity contribution in [3.05, 3.63) is 23.9 Å². The van der Waals surface area contributed by atoms with E-state index in [0.29, 0.717) is 19.7 Å². The number of hydrogen-bond donors (Lipinski definition) is 1. The zero-order chi connectivity index (χ0) is 15.1. The summed E-state index contributed by atoms with van der Waals surface area (Å²) in [5, 5.41) is 3.28. The molecule has 0 bridgehead atoms. The van der Waals surface area contributed by atoms with Crippen LogP contribution < -0.4 is 10.2 Å². The zero-order valence-electron chi connectivity index (χ0n) is 12.8. The Morgan fingerprint density at radius 2 is 2.05 bits per heavy atom. The van der Waals surface area contributed by atoms with Crippen molar-refractivity contribution in [1.29, 1.82) is 0 Å². The average Bonchev–Trinajstić information content (AvgIpc) is 2.54. The molecular weight excluding hydrogens is 268 g/mol. The van der Waals surface area contributed by atoms with Gasteiger partial charge in [-0.25, -0.2) is 9.78 Å². The van der Waals surface area contributed by atoms with E-state index in [4.69, 9.17) is 4.74 Å². The van der Waals surface area contributed by atoms with Gasteiger partial charge in [-0.1, -0.05) is 13.0 Å². The fourth-order valence-electron chi connectivity index (χ4n) is 2.31. The lowest BCUT2D eigenvalue weighted by atomic mass is 10.2. The van der Waals surface area contributed by atoms with E-state index in [0.717, 1.165) is 32.0 Å². The summed E-state index contributed by atoms with van der Waals surface area (Å²) in [5.41, 5.74) is 1.19. The highest BCUT2D eigenvalue weighted by Gasteiger charge is 2.22. The summed E-state index contributed by atoms with van der Waals surface area (Å²) < 4.78 is 5.02. The van der Waals surface area contributed by atoms with Gasteiger partial charge in [0, 0.05) is 38.9 Å². The van der Waals surface area contributed by atoms with Crippen molar-refractivity contribution in [3.8, 4) is 0 Å². The van der Waals surface area contributed by atoms with Crippen LogP contribution in [0.3, 0.4) is 0 Å². The van der Waals surface area contributed by atoms with E-state index < -0.39 is 0 Å². The molecule has 1 aromatic rings. The summed E-state index contributed by atoms with van der Waals surface area (Å²) in [6.07, 6.45) is 1.70. The molecule has 1 aliphatic heterocycles. The number of hydrogen-bond acceptors (Lipinski definition) is 5. The van der Waals surface area contributed by atoms with Crippen molar-refractivity contribution >= 4 is 11.9 Å². The molecule has 6 heteroatoms. The van der Waals surface area contributed by atoms with Crippen LogP contribution in [0.2, 0.25) is 0 Å². The molecule has 21 heavy (non-hydrogen) atoms. The van der Waals surface area contributed by atoms with Crippen LogP contribution in [0.15, 0.2) is 18.3 Å². The molecule has 0 aliphatic carbocycles. The Kier molecular flexibility index (Phi) is 5.80. The Morgan fingerprint density at radius 3 is 2.62 bits per heavy atom. The van der Waals surface area contributed by atoms with Gasteiger partial charge in [0.2, 0.25) is 0 Å². The Morgan fingerprint density at radius 1 is 1.29 bits per heavy atom. The third-order valence-corrected chi connectivity index (χ3v) is 3.52. The number of piperazine rings is 1. The van der Waals surface area contributed by atoms with Gasteiger partial charge in [-0.3, -0.25) is 0 Å². The summed E-state index contributed by atoms with van der Waals surface area (Å²) in [7, 11) is 0. The van der Waals surface area contributed by atoms with Crippen molar-refractivity contribution in [3.63, 3.8) is 0 Å². The van der Waals surface area contributed by atoms with Crippen molar-refractivity contribution in [1.82, 2.24) is 15.2 Å². The molecule has 116 valence electrons. The summed E-state index contributed by atoms with van der Waals surface area (Å²) in [6.45, 7) is 9.08. The number of nitrogens with zero attached hydrogens (tertiary/aromatic N) is 3. The molecule has 0 unspecified atom stereocenters. The molecule has 1 amide bonds. The molecule has 1 saturated heterocycles. The molecule has 0 radical (unpaired) electrons. The van der Waals surface area contributed by atoms with Crippen LogP contribution >= 0.6 is 0 Å². The van der Waals surface area contributed by atoms with Crippen molar-refractivity contribution in [2.24, 2.45) is 0 Å². The number of anilines is 1. The highest BCUT2D eigenvalue weighted by molar-refractivity contribution is 5.68. The fraction of sp³-hybridized carbons (Fsp3) is 0.600. The molecule has 1 fully saturated rings. The molecule has 1 aliphatic rings. The second kappa shape index (κ2) is 7.83. The van der Waals surface area contributed by atoms with Gasteiger partial charge in [-0.05, 0) is 25.1 Å². The number of ether oxygens (including phenoxy) is 1. The van der Waals surface area contributed by atoms with E-state index in [-0.39, 0.29) is 6.09 Å². The molecule has 0 saturated carbocycles. The van der Waals surface area contributed by atoms with E-state index in [1.54, 1.807) is 4.90 Å². The van der Waals surface area contributed by atoms with Gasteiger partial charge in [0.05, 0.1) is 6.61 Å². The van der Waals surface area contributed by atoms with Crippen molar-refractivity contribution in [2.45, 2.75) is 20.4 Å². The zero-order valence-corrected chi connectivity index (χ0v) is 12.8. The van der Waals surface area contributed by atoms with Crippen molar-refractivity contribution < 1.29 is 9.53 Å². The third kappa shape index (κ3) is 4.32. The SMILES string of the molecule is CCNCc1ccc(N2CCN(C(=O)OCC)CC2)nc1. The maximum atomic E-state index is 11.6. The fourth-order valence-corrected chi connectivity index (χ4v) is 2.31. The minimum Gasteiger partial charge on any atom is -0.450 e. The highest BCUT2D eigenvalue weighted by Crippen LogP contribution is 2.14. The Balaban J connectivity index is 1.85. The summed E-state index contributed by atoms with van der Waals surface area (Å²) in [4.78, 5) is 20.1. The van der Waals surface area contributed by atoms with Gasteiger partial charge >= 0.3 is 6.09 Å². The number of pyridine rings is 1. The quantitative estimate of drug-likeness (QED) is 0.890. The maximum Gasteiger partial charge on any atom is 0.409 e. The van der Waals surface area contributed by atoms with Gasteiger partial charge in [-0.15, -0.1) is 0 Å². The van der Waals surface area contributed by atoms with E-state index in [2.05, 4.69) is 28.2 Å². The molecular formula is C15H24N4O2. The predicted molar refractivity (Wildman–Crippen MR) is 82.4 cm³/mol. The third-order valence-electron chi connectivity index (χ3n) is 3.52.